The van der Waals surface area contributed by atoms with Gasteiger partial charge < -0.3 is 21.2 Å². The number of halogens is 2. The molecule has 37 heavy (non-hydrogen) atoms. The smallest absolute Gasteiger partial charge is 0.217 e. The second-order valence-corrected chi connectivity index (χ2v) is 11.0. The van der Waals surface area contributed by atoms with Gasteiger partial charge in [0, 0.05) is 37.8 Å². The van der Waals surface area contributed by atoms with Gasteiger partial charge in [-0.25, -0.2) is 14.2 Å². The van der Waals surface area contributed by atoms with Gasteiger partial charge in [0.25, 0.3) is 0 Å². The van der Waals surface area contributed by atoms with E-state index in [1.54, 1.807) is 0 Å². The third kappa shape index (κ3) is 7.84. The minimum Gasteiger partial charge on any atom is -0.390 e. The number of allylic oxidation sites excluding steroid dienone is 1. The van der Waals surface area contributed by atoms with Crippen LogP contribution in [0.5, 0.6) is 0 Å². The van der Waals surface area contributed by atoms with E-state index in [4.69, 9.17) is 0 Å². The van der Waals surface area contributed by atoms with Gasteiger partial charge in [0.05, 0.1) is 12.1 Å². The SMILES string of the molecule is CNNC1=CCC(NCC(O)C(Cc2cc(F)cc(F)c2)NC(C)=O)(c2cccc(C(C)(C)C)c2)CC1. The van der Waals surface area contributed by atoms with Gasteiger partial charge in [-0.15, -0.1) is 0 Å². The minimum atomic E-state index is -0.987. The number of rotatable bonds is 10. The molecule has 8 heteroatoms. The van der Waals surface area contributed by atoms with Crippen LogP contribution < -0.4 is 21.5 Å². The number of nitrogens with one attached hydrogen (secondary N) is 4. The van der Waals surface area contributed by atoms with Crippen molar-refractivity contribution in [3.8, 4) is 0 Å². The Kier molecular flexibility index (Phi) is 9.45. The van der Waals surface area contributed by atoms with Crippen molar-refractivity contribution in [1.29, 1.82) is 0 Å². The summed E-state index contributed by atoms with van der Waals surface area (Å²) < 4.78 is 27.5. The molecule has 3 unspecified atom stereocenters. The molecule has 0 aromatic heterocycles. The van der Waals surface area contributed by atoms with Crippen LogP contribution >= 0.6 is 0 Å². The second-order valence-electron chi connectivity index (χ2n) is 11.0. The predicted molar refractivity (Wildman–Crippen MR) is 143 cm³/mol. The summed E-state index contributed by atoms with van der Waals surface area (Å²) in [4.78, 5) is 11.9. The Morgan fingerprint density at radius 2 is 1.84 bits per heavy atom. The molecule has 0 radical (unpaired) electrons. The lowest BCUT2D eigenvalue weighted by molar-refractivity contribution is -0.120. The van der Waals surface area contributed by atoms with E-state index >= 15 is 0 Å². The number of benzene rings is 2. The number of carbonyl (C=O) groups is 1. The highest BCUT2D eigenvalue weighted by atomic mass is 19.1. The molecule has 0 spiro atoms. The first-order valence-electron chi connectivity index (χ1n) is 12.8. The van der Waals surface area contributed by atoms with E-state index in [0.29, 0.717) is 12.0 Å². The number of hydrazine groups is 1. The van der Waals surface area contributed by atoms with Gasteiger partial charge in [-0.2, -0.15) is 0 Å². The van der Waals surface area contributed by atoms with Gasteiger partial charge in [0.1, 0.15) is 11.6 Å². The van der Waals surface area contributed by atoms with Crippen molar-refractivity contribution in [2.75, 3.05) is 13.6 Å². The lowest BCUT2D eigenvalue weighted by atomic mass is 9.76. The van der Waals surface area contributed by atoms with E-state index < -0.39 is 29.3 Å². The number of aliphatic hydroxyl groups is 1. The Morgan fingerprint density at radius 1 is 1.14 bits per heavy atom. The van der Waals surface area contributed by atoms with Gasteiger partial charge in [0.2, 0.25) is 5.91 Å². The van der Waals surface area contributed by atoms with Crippen molar-refractivity contribution in [1.82, 2.24) is 21.5 Å². The standard InChI is InChI=1S/C29H40F2N4O2/c1-19(36)34-26(15-20-13-23(30)17-24(31)14-20)27(37)18-33-29(11-9-25(10-12-29)35-32-5)22-8-6-7-21(16-22)28(2,3)4/h6-9,13-14,16-17,26-27,32-33,35,37H,10-12,15,18H2,1-5H3,(H,34,36). The zero-order chi connectivity index (χ0) is 27.2. The maximum absolute atomic E-state index is 13.8. The number of hydrogen-bond donors (Lipinski definition) is 5. The van der Waals surface area contributed by atoms with Crippen molar-refractivity contribution < 1.29 is 18.7 Å². The van der Waals surface area contributed by atoms with Crippen molar-refractivity contribution in [3.05, 3.63) is 82.6 Å². The van der Waals surface area contributed by atoms with Crippen LogP contribution in [0.15, 0.2) is 54.2 Å². The Morgan fingerprint density at radius 3 is 2.41 bits per heavy atom. The van der Waals surface area contributed by atoms with Crippen LogP contribution in [0.2, 0.25) is 0 Å². The maximum Gasteiger partial charge on any atom is 0.217 e. The molecule has 0 saturated heterocycles. The first kappa shape index (κ1) is 28.8. The zero-order valence-corrected chi connectivity index (χ0v) is 22.4. The molecule has 5 N–H and O–H groups in total. The molecule has 2 aromatic carbocycles. The van der Waals surface area contributed by atoms with Gasteiger partial charge in [-0.3, -0.25) is 4.79 Å². The largest absolute Gasteiger partial charge is 0.390 e. The summed E-state index contributed by atoms with van der Waals surface area (Å²) in [5, 5.41) is 17.5. The fourth-order valence-electron chi connectivity index (χ4n) is 4.90. The molecule has 0 fully saturated rings. The van der Waals surface area contributed by atoms with Crippen molar-refractivity contribution in [2.45, 2.75) is 76.5 Å². The fraction of sp³-hybridized carbons (Fsp3) is 0.483. The first-order valence-corrected chi connectivity index (χ1v) is 12.8. The van der Waals surface area contributed by atoms with Gasteiger partial charge in [-0.1, -0.05) is 51.1 Å². The molecular weight excluding hydrogens is 474 g/mol. The van der Waals surface area contributed by atoms with E-state index in [1.807, 2.05) is 7.05 Å². The van der Waals surface area contributed by atoms with E-state index in [2.05, 4.69) is 72.6 Å². The van der Waals surface area contributed by atoms with E-state index in [0.717, 1.165) is 30.2 Å². The Labute approximate surface area is 218 Å². The van der Waals surface area contributed by atoms with Crippen LogP contribution in [0.25, 0.3) is 0 Å². The van der Waals surface area contributed by atoms with Crippen LogP contribution in [-0.2, 0) is 22.2 Å². The molecule has 0 bridgehead atoms. The summed E-state index contributed by atoms with van der Waals surface area (Å²) in [6, 6.07) is 11.1. The number of carbonyl (C=O) groups excluding carboxylic acids is 1. The molecular formula is C29H40F2N4O2. The fourth-order valence-corrected chi connectivity index (χ4v) is 4.90. The number of hydrogen-bond acceptors (Lipinski definition) is 5. The summed E-state index contributed by atoms with van der Waals surface area (Å²) in [5.74, 6) is -1.71. The Bertz CT molecular complexity index is 1100. The Balaban J connectivity index is 1.86. The molecule has 6 nitrogen and oxygen atoms in total. The summed E-state index contributed by atoms with van der Waals surface area (Å²) in [6.45, 7) is 8.09. The van der Waals surface area contributed by atoms with Crippen LogP contribution in [0.4, 0.5) is 8.78 Å². The summed E-state index contributed by atoms with van der Waals surface area (Å²) in [6.07, 6.45) is 3.58. The van der Waals surface area contributed by atoms with Crippen molar-refractivity contribution >= 4 is 5.91 Å². The molecule has 2 aromatic rings. The Hall–Kier alpha value is -2.81. The summed E-state index contributed by atoms with van der Waals surface area (Å²) in [7, 11) is 1.83. The highest BCUT2D eigenvalue weighted by Gasteiger charge is 2.35. The van der Waals surface area contributed by atoms with Gasteiger partial charge in [-0.05, 0) is 59.9 Å². The van der Waals surface area contributed by atoms with Crippen molar-refractivity contribution in [3.63, 3.8) is 0 Å². The van der Waals surface area contributed by atoms with Gasteiger partial charge >= 0.3 is 0 Å². The van der Waals surface area contributed by atoms with Gasteiger partial charge in [0.15, 0.2) is 0 Å². The molecule has 0 saturated carbocycles. The molecule has 1 aliphatic rings. The number of amides is 1. The first-order chi connectivity index (χ1) is 17.4. The summed E-state index contributed by atoms with van der Waals surface area (Å²) in [5.41, 5.74) is 9.54. The zero-order valence-electron chi connectivity index (χ0n) is 22.4. The van der Waals surface area contributed by atoms with Crippen LogP contribution in [0.3, 0.4) is 0 Å². The average molecular weight is 515 g/mol. The highest BCUT2D eigenvalue weighted by Crippen LogP contribution is 2.37. The van der Waals surface area contributed by atoms with Crippen molar-refractivity contribution in [2.24, 2.45) is 0 Å². The van der Waals surface area contributed by atoms with Crippen LogP contribution in [0, 0.1) is 11.6 Å². The van der Waals surface area contributed by atoms with E-state index in [1.165, 1.54) is 24.6 Å². The maximum atomic E-state index is 13.8. The minimum absolute atomic E-state index is 0.0171. The highest BCUT2D eigenvalue weighted by molar-refractivity contribution is 5.73. The molecule has 3 rings (SSSR count). The van der Waals surface area contributed by atoms with E-state index in [-0.39, 0.29) is 24.3 Å². The lowest BCUT2D eigenvalue weighted by Crippen LogP contribution is -2.53. The van der Waals surface area contributed by atoms with Crippen LogP contribution in [0.1, 0.15) is 63.6 Å². The third-order valence-electron chi connectivity index (χ3n) is 6.97. The quantitative estimate of drug-likeness (QED) is 0.310. The molecule has 0 heterocycles. The molecule has 3 atom stereocenters. The van der Waals surface area contributed by atoms with E-state index in [9.17, 15) is 18.7 Å². The second kappa shape index (κ2) is 12.2. The molecule has 1 aliphatic carbocycles. The average Bonchev–Trinajstić information content (AvgIpc) is 2.82. The predicted octanol–water partition coefficient (Wildman–Crippen LogP) is 3.95. The monoisotopic (exact) mass is 514 g/mol. The molecule has 0 aliphatic heterocycles. The topological polar surface area (TPSA) is 85.4 Å². The normalized spacial score (nSPS) is 19.6. The summed E-state index contributed by atoms with van der Waals surface area (Å²) >= 11 is 0. The third-order valence-corrected chi connectivity index (χ3v) is 6.97. The molecule has 1 amide bonds. The lowest BCUT2D eigenvalue weighted by Gasteiger charge is -2.40. The number of aliphatic hydroxyl groups excluding tert-OH is 1. The van der Waals surface area contributed by atoms with Crippen LogP contribution in [-0.4, -0.2) is 36.8 Å². The molecule has 202 valence electrons.